The lowest BCUT2D eigenvalue weighted by Gasteiger charge is -2.36. The van der Waals surface area contributed by atoms with Gasteiger partial charge in [0, 0.05) is 12.0 Å². The van der Waals surface area contributed by atoms with Crippen LogP contribution in [0.1, 0.15) is 42.7 Å². The van der Waals surface area contributed by atoms with E-state index < -0.39 is 23.4 Å². The van der Waals surface area contributed by atoms with Gasteiger partial charge in [-0.3, -0.25) is 9.59 Å². The molecule has 0 radical (unpaired) electrons. The minimum atomic E-state index is -1.63. The van der Waals surface area contributed by atoms with Crippen LogP contribution in [0, 0.1) is 5.41 Å². The summed E-state index contributed by atoms with van der Waals surface area (Å²) in [5.74, 6) is -1.97. The van der Waals surface area contributed by atoms with E-state index >= 15 is 0 Å². The highest BCUT2D eigenvalue weighted by atomic mass is 16.5. The first kappa shape index (κ1) is 17.7. The Morgan fingerprint density at radius 1 is 1.04 bits per heavy atom. The van der Waals surface area contributed by atoms with Crippen molar-refractivity contribution < 1.29 is 19.4 Å². The van der Waals surface area contributed by atoms with Crippen LogP contribution in [0.15, 0.2) is 48.5 Å². The summed E-state index contributed by atoms with van der Waals surface area (Å²) in [4.78, 5) is 24.8. The molecule has 0 unspecified atom stereocenters. The number of benzene rings is 2. The van der Waals surface area contributed by atoms with Gasteiger partial charge in [0.05, 0.1) is 0 Å². The molecule has 3 N–H and O–H groups in total. The molecular weight excluding hydrogens is 342 g/mol. The maximum absolute atomic E-state index is 12.9. The van der Waals surface area contributed by atoms with Gasteiger partial charge in [-0.1, -0.05) is 61.4 Å². The minimum absolute atomic E-state index is 0.0907. The van der Waals surface area contributed by atoms with Crippen molar-refractivity contribution in [3.8, 4) is 11.1 Å². The summed E-state index contributed by atoms with van der Waals surface area (Å²) >= 11 is 0. The van der Waals surface area contributed by atoms with Crippen LogP contribution in [0.25, 0.3) is 11.1 Å². The fourth-order valence-corrected chi connectivity index (χ4v) is 4.53. The molecule has 1 saturated carbocycles. The van der Waals surface area contributed by atoms with Crippen molar-refractivity contribution in [2.75, 3.05) is 6.61 Å². The molecule has 5 nitrogen and oxygen atoms in total. The van der Waals surface area contributed by atoms with E-state index in [1.807, 2.05) is 36.4 Å². The smallest absolute Gasteiger partial charge is 0.325 e. The number of esters is 1. The van der Waals surface area contributed by atoms with E-state index in [2.05, 4.69) is 12.1 Å². The average molecular weight is 365 g/mol. The van der Waals surface area contributed by atoms with Gasteiger partial charge in [0.15, 0.2) is 5.41 Å². The van der Waals surface area contributed by atoms with Crippen molar-refractivity contribution in [1.82, 2.24) is 0 Å². The quantitative estimate of drug-likeness (QED) is 0.641. The molecule has 1 fully saturated rings. The second kappa shape index (κ2) is 6.82. The predicted octanol–water partition coefficient (Wildman–Crippen LogP) is 3.31. The zero-order valence-electron chi connectivity index (χ0n) is 15.1. The first-order valence-electron chi connectivity index (χ1n) is 9.40. The number of aliphatic carboxylic acids is 1. The Bertz CT molecular complexity index is 848. The SMILES string of the molecule is N[C@@H]1CCCC[C@@]1(C(=O)O)C(=O)OCC1c2ccccc2-c2ccccc21. The molecule has 0 aromatic heterocycles. The van der Waals surface area contributed by atoms with E-state index in [0.717, 1.165) is 28.7 Å². The molecule has 0 amide bonds. The fourth-order valence-electron chi connectivity index (χ4n) is 4.53. The molecule has 2 aliphatic carbocycles. The van der Waals surface area contributed by atoms with Crippen LogP contribution >= 0.6 is 0 Å². The van der Waals surface area contributed by atoms with Gasteiger partial charge in [0.25, 0.3) is 0 Å². The summed E-state index contributed by atoms with van der Waals surface area (Å²) in [6.45, 7) is 0.120. The average Bonchev–Trinajstić information content (AvgIpc) is 3.00. The van der Waals surface area contributed by atoms with Crippen molar-refractivity contribution in [3.05, 3.63) is 59.7 Å². The lowest BCUT2D eigenvalue weighted by molar-refractivity contribution is -0.173. The van der Waals surface area contributed by atoms with Crippen molar-refractivity contribution in [2.45, 2.75) is 37.6 Å². The van der Waals surface area contributed by atoms with Crippen LogP contribution in [0.3, 0.4) is 0 Å². The Labute approximate surface area is 158 Å². The number of carbonyl (C=O) groups excluding carboxylic acids is 1. The third-order valence-electron chi connectivity index (χ3n) is 6.06. The number of hydrogen-bond acceptors (Lipinski definition) is 4. The zero-order valence-corrected chi connectivity index (χ0v) is 15.1. The molecule has 0 heterocycles. The van der Waals surface area contributed by atoms with Gasteiger partial charge in [0.1, 0.15) is 6.61 Å². The summed E-state index contributed by atoms with van der Waals surface area (Å²) in [5, 5.41) is 9.76. The van der Waals surface area contributed by atoms with E-state index in [1.165, 1.54) is 0 Å². The lowest BCUT2D eigenvalue weighted by atomic mass is 9.70. The number of fused-ring (bicyclic) bond motifs is 3. The molecule has 0 spiro atoms. The standard InChI is InChI=1S/C22H23NO4/c23-19-11-5-6-12-22(19,20(24)25)21(26)27-13-18-16-9-3-1-7-14(16)15-8-2-4-10-17(15)18/h1-4,7-10,18-19H,5-6,11-13,23H2,(H,24,25)/t19-,22-/m1/s1. The largest absolute Gasteiger partial charge is 0.480 e. The summed E-state index contributed by atoms with van der Waals surface area (Å²) < 4.78 is 5.61. The maximum atomic E-state index is 12.9. The van der Waals surface area contributed by atoms with Gasteiger partial charge < -0.3 is 15.6 Å². The Balaban J connectivity index is 1.60. The second-order valence-corrected chi connectivity index (χ2v) is 7.45. The fraction of sp³-hybridized carbons (Fsp3) is 0.364. The molecule has 2 aromatic rings. The van der Waals surface area contributed by atoms with E-state index in [1.54, 1.807) is 0 Å². The van der Waals surface area contributed by atoms with Crippen LogP contribution in [-0.4, -0.2) is 29.7 Å². The van der Waals surface area contributed by atoms with Crippen molar-refractivity contribution in [3.63, 3.8) is 0 Å². The highest BCUT2D eigenvalue weighted by Gasteiger charge is 2.53. The zero-order chi connectivity index (χ0) is 19.0. The number of carboxylic acid groups (broad SMARTS) is 1. The van der Waals surface area contributed by atoms with Gasteiger partial charge in [-0.15, -0.1) is 0 Å². The predicted molar refractivity (Wildman–Crippen MR) is 101 cm³/mol. The Morgan fingerprint density at radius 2 is 1.63 bits per heavy atom. The summed E-state index contributed by atoms with van der Waals surface area (Å²) in [6, 6.07) is 15.4. The number of rotatable bonds is 4. The number of carboxylic acids is 1. The van der Waals surface area contributed by atoms with Crippen LogP contribution in [0.2, 0.25) is 0 Å². The van der Waals surface area contributed by atoms with Gasteiger partial charge in [0.2, 0.25) is 0 Å². The summed E-state index contributed by atoms with van der Waals surface area (Å²) in [5.41, 5.74) is 8.91. The van der Waals surface area contributed by atoms with Crippen molar-refractivity contribution in [2.24, 2.45) is 11.1 Å². The summed E-state index contributed by atoms with van der Waals surface area (Å²) in [7, 11) is 0. The molecule has 5 heteroatoms. The Hall–Kier alpha value is -2.66. The highest BCUT2D eigenvalue weighted by Crippen LogP contribution is 2.45. The minimum Gasteiger partial charge on any atom is -0.480 e. The monoisotopic (exact) mass is 365 g/mol. The molecule has 4 rings (SSSR count). The van der Waals surface area contributed by atoms with E-state index in [0.29, 0.717) is 12.8 Å². The normalized spacial score (nSPS) is 24.1. The third-order valence-corrected chi connectivity index (χ3v) is 6.06. The molecule has 2 aliphatic rings. The number of ether oxygens (including phenoxy) is 1. The number of nitrogens with two attached hydrogens (primary N) is 1. The van der Waals surface area contributed by atoms with Crippen LogP contribution in [0.4, 0.5) is 0 Å². The lowest BCUT2D eigenvalue weighted by Crippen LogP contribution is -2.55. The Kier molecular flexibility index (Phi) is 4.48. The third kappa shape index (κ3) is 2.73. The molecule has 0 aliphatic heterocycles. The highest BCUT2D eigenvalue weighted by molar-refractivity contribution is 6.00. The molecule has 0 saturated heterocycles. The van der Waals surface area contributed by atoms with E-state index in [9.17, 15) is 14.7 Å². The summed E-state index contributed by atoms with van der Waals surface area (Å²) in [6.07, 6.45) is 2.27. The molecular formula is C22H23NO4. The van der Waals surface area contributed by atoms with Gasteiger partial charge in [-0.05, 0) is 35.1 Å². The van der Waals surface area contributed by atoms with Crippen LogP contribution < -0.4 is 5.73 Å². The maximum Gasteiger partial charge on any atom is 0.325 e. The van der Waals surface area contributed by atoms with Crippen LogP contribution in [0.5, 0.6) is 0 Å². The van der Waals surface area contributed by atoms with Gasteiger partial charge in [-0.2, -0.15) is 0 Å². The van der Waals surface area contributed by atoms with E-state index in [-0.39, 0.29) is 18.9 Å². The van der Waals surface area contributed by atoms with Crippen molar-refractivity contribution in [1.29, 1.82) is 0 Å². The number of carbonyl (C=O) groups is 2. The molecule has 2 atom stereocenters. The molecule has 27 heavy (non-hydrogen) atoms. The second-order valence-electron chi connectivity index (χ2n) is 7.45. The van der Waals surface area contributed by atoms with Gasteiger partial charge in [-0.25, -0.2) is 0 Å². The van der Waals surface area contributed by atoms with E-state index in [4.69, 9.17) is 10.5 Å². The number of hydrogen-bond donors (Lipinski definition) is 2. The topological polar surface area (TPSA) is 89.6 Å². The van der Waals surface area contributed by atoms with Crippen LogP contribution in [-0.2, 0) is 14.3 Å². The first-order valence-corrected chi connectivity index (χ1v) is 9.40. The molecule has 2 aromatic carbocycles. The molecule has 140 valence electrons. The first-order chi connectivity index (χ1) is 13.1. The van der Waals surface area contributed by atoms with Crippen molar-refractivity contribution >= 4 is 11.9 Å². The molecule has 0 bridgehead atoms. The Morgan fingerprint density at radius 3 is 2.19 bits per heavy atom. The van der Waals surface area contributed by atoms with Gasteiger partial charge >= 0.3 is 11.9 Å².